The minimum Gasteiger partial charge on any atom is -0.495 e. The SMILES string of the molecule is COc1ccc(Cc2cn(O)cn2)cc1NS(=O)(=O)OC(=O)/C(C)=C/C(=O)OS(N)(=O)=O. The van der Waals surface area contributed by atoms with Gasteiger partial charge in [0.2, 0.25) is 0 Å². The van der Waals surface area contributed by atoms with Crippen LogP contribution >= 0.6 is 0 Å². The monoisotopic (exact) mass is 490 g/mol. The highest BCUT2D eigenvalue weighted by molar-refractivity contribution is 7.88. The molecule has 1 aromatic heterocycles. The molecular weight excluding hydrogens is 472 g/mol. The molecule has 4 N–H and O–H groups in total. The predicted molar refractivity (Wildman–Crippen MR) is 107 cm³/mol. The van der Waals surface area contributed by atoms with Crippen LogP contribution in [0.4, 0.5) is 5.69 Å². The van der Waals surface area contributed by atoms with Gasteiger partial charge in [0.25, 0.3) is 0 Å². The van der Waals surface area contributed by atoms with Crippen LogP contribution in [0.25, 0.3) is 0 Å². The van der Waals surface area contributed by atoms with Crippen molar-refractivity contribution in [2.24, 2.45) is 5.14 Å². The van der Waals surface area contributed by atoms with Gasteiger partial charge < -0.3 is 18.3 Å². The third kappa shape index (κ3) is 7.56. The molecule has 0 aliphatic carbocycles. The highest BCUT2D eigenvalue weighted by atomic mass is 32.2. The van der Waals surface area contributed by atoms with E-state index in [1.54, 1.807) is 6.07 Å². The molecule has 16 heteroatoms. The van der Waals surface area contributed by atoms with Crippen molar-refractivity contribution in [1.82, 2.24) is 9.71 Å². The fourth-order valence-corrected chi connectivity index (χ4v) is 3.37. The Morgan fingerprint density at radius 2 is 1.94 bits per heavy atom. The number of hydrogen-bond donors (Lipinski definition) is 3. The smallest absolute Gasteiger partial charge is 0.410 e. The molecule has 0 unspecified atom stereocenters. The van der Waals surface area contributed by atoms with Gasteiger partial charge >= 0.3 is 32.5 Å². The molecule has 0 saturated carbocycles. The van der Waals surface area contributed by atoms with Gasteiger partial charge in [0.15, 0.2) is 0 Å². The molecule has 0 fully saturated rings. The molecule has 1 heterocycles. The molecule has 2 aromatic rings. The molecule has 1 aromatic carbocycles. The fourth-order valence-electron chi connectivity index (χ4n) is 2.29. The summed E-state index contributed by atoms with van der Waals surface area (Å²) in [6.07, 6.45) is 3.16. The summed E-state index contributed by atoms with van der Waals surface area (Å²) in [7, 11) is -8.07. The number of nitrogens with zero attached hydrogens (tertiary/aromatic N) is 2. The van der Waals surface area contributed by atoms with E-state index < -0.39 is 38.1 Å². The molecule has 0 radical (unpaired) electrons. The number of carbonyl (C=O) groups is 2. The highest BCUT2D eigenvalue weighted by Gasteiger charge is 2.22. The summed E-state index contributed by atoms with van der Waals surface area (Å²) in [5.74, 6) is -2.90. The minimum atomic E-state index is -4.74. The van der Waals surface area contributed by atoms with E-state index in [2.05, 4.69) is 18.5 Å². The first-order valence-corrected chi connectivity index (χ1v) is 11.3. The number of imidazole rings is 1. The number of nitrogens with two attached hydrogens (primary N) is 1. The standard InChI is InChI=1S/C16H18N4O10S2/c1-10(5-15(21)29-31(17,24)25)16(22)30-32(26,27)19-13-7-11(3-4-14(13)28-2)6-12-8-20(23)9-18-12/h3-5,7-9,19,23H,6H2,1-2H3,(H2,17,24,25)/b10-5+. The molecule has 0 aliphatic rings. The molecule has 32 heavy (non-hydrogen) atoms. The van der Waals surface area contributed by atoms with Gasteiger partial charge in [-0.3, -0.25) is 0 Å². The zero-order valence-electron chi connectivity index (χ0n) is 16.6. The number of aromatic nitrogens is 2. The molecule has 0 atom stereocenters. The molecule has 174 valence electrons. The van der Waals surface area contributed by atoms with Gasteiger partial charge in [0.1, 0.15) is 12.1 Å². The Morgan fingerprint density at radius 3 is 2.50 bits per heavy atom. The Hall–Kier alpha value is -3.63. The van der Waals surface area contributed by atoms with Crippen molar-refractivity contribution in [2.45, 2.75) is 13.3 Å². The molecule has 0 spiro atoms. The van der Waals surface area contributed by atoms with Crippen LogP contribution in [-0.4, -0.2) is 50.8 Å². The summed E-state index contributed by atoms with van der Waals surface area (Å²) in [5.41, 5.74) is 0.418. The third-order valence-corrected chi connectivity index (χ3v) is 4.78. The van der Waals surface area contributed by atoms with Crippen LogP contribution < -0.4 is 14.6 Å². The van der Waals surface area contributed by atoms with Gasteiger partial charge in [-0.2, -0.15) is 26.7 Å². The highest BCUT2D eigenvalue weighted by Crippen LogP contribution is 2.27. The van der Waals surface area contributed by atoms with E-state index in [0.717, 1.165) is 11.7 Å². The zero-order chi connectivity index (χ0) is 24.1. The lowest BCUT2D eigenvalue weighted by Crippen LogP contribution is -2.23. The van der Waals surface area contributed by atoms with Gasteiger partial charge in [0, 0.05) is 18.1 Å². The Morgan fingerprint density at radius 1 is 1.25 bits per heavy atom. The normalized spacial score (nSPS) is 12.2. The molecule has 2 rings (SSSR count). The van der Waals surface area contributed by atoms with Crippen LogP contribution in [0.15, 0.2) is 42.4 Å². The summed E-state index contributed by atoms with van der Waals surface area (Å²) in [6, 6.07) is 4.48. The number of anilines is 1. The van der Waals surface area contributed by atoms with E-state index >= 15 is 0 Å². The second-order valence-electron chi connectivity index (χ2n) is 6.11. The Labute approximate surface area is 182 Å². The predicted octanol–water partition coefficient (Wildman–Crippen LogP) is -0.387. The third-order valence-electron chi connectivity index (χ3n) is 3.55. The van der Waals surface area contributed by atoms with E-state index in [1.807, 2.05) is 4.72 Å². The number of methoxy groups -OCH3 is 1. The average molecular weight is 490 g/mol. The zero-order valence-corrected chi connectivity index (χ0v) is 18.2. The van der Waals surface area contributed by atoms with E-state index in [0.29, 0.717) is 17.3 Å². The van der Waals surface area contributed by atoms with Crippen LogP contribution in [0.2, 0.25) is 0 Å². The number of ether oxygens (including phenoxy) is 1. The van der Waals surface area contributed by atoms with Crippen LogP contribution in [0, 0.1) is 0 Å². The Kier molecular flexibility index (Phi) is 7.44. The van der Waals surface area contributed by atoms with E-state index in [1.165, 1.54) is 31.8 Å². The van der Waals surface area contributed by atoms with Gasteiger partial charge in [-0.25, -0.2) is 19.3 Å². The van der Waals surface area contributed by atoms with Crippen molar-refractivity contribution in [3.05, 3.63) is 53.6 Å². The number of nitrogens with one attached hydrogen (secondary N) is 1. The summed E-state index contributed by atoms with van der Waals surface area (Å²) in [4.78, 5) is 27.2. The van der Waals surface area contributed by atoms with Gasteiger partial charge in [-0.05, 0) is 24.6 Å². The summed E-state index contributed by atoms with van der Waals surface area (Å²) >= 11 is 0. The Balaban J connectivity index is 2.16. The second-order valence-corrected chi connectivity index (χ2v) is 8.54. The van der Waals surface area contributed by atoms with Crippen molar-refractivity contribution >= 4 is 38.2 Å². The summed E-state index contributed by atoms with van der Waals surface area (Å²) in [6.45, 7) is 0.990. The maximum absolute atomic E-state index is 12.3. The molecule has 14 nitrogen and oxygen atoms in total. The van der Waals surface area contributed by atoms with Crippen LogP contribution in [0.1, 0.15) is 18.2 Å². The average Bonchev–Trinajstić information content (AvgIpc) is 3.04. The largest absolute Gasteiger partial charge is 0.495 e. The topological polar surface area (TPSA) is 206 Å². The van der Waals surface area contributed by atoms with Crippen molar-refractivity contribution in [1.29, 1.82) is 0 Å². The van der Waals surface area contributed by atoms with Gasteiger partial charge in [0.05, 0.1) is 24.7 Å². The molecular formula is C16H18N4O10S2. The van der Waals surface area contributed by atoms with Crippen LogP contribution in [0.3, 0.4) is 0 Å². The van der Waals surface area contributed by atoms with E-state index in [-0.39, 0.29) is 17.9 Å². The van der Waals surface area contributed by atoms with Gasteiger partial charge in [-0.1, -0.05) is 6.07 Å². The fraction of sp³-hybridized carbons (Fsp3) is 0.188. The second kappa shape index (κ2) is 9.67. The number of benzene rings is 1. The lowest BCUT2D eigenvalue weighted by Gasteiger charge is -2.13. The number of rotatable bonds is 9. The first kappa shape index (κ1) is 24.6. The summed E-state index contributed by atoms with van der Waals surface area (Å²) in [5, 5.41) is 13.8. The molecule has 0 aliphatic heterocycles. The maximum Gasteiger partial charge on any atom is 0.410 e. The number of carbonyl (C=O) groups excluding carboxylic acids is 2. The lowest BCUT2D eigenvalue weighted by atomic mass is 10.1. The molecule has 0 bridgehead atoms. The molecule has 0 amide bonds. The van der Waals surface area contributed by atoms with Gasteiger partial charge in [-0.15, -0.1) is 0 Å². The maximum atomic E-state index is 12.3. The minimum absolute atomic E-state index is 0.0727. The first-order valence-electron chi connectivity index (χ1n) is 8.38. The van der Waals surface area contributed by atoms with Crippen molar-refractivity contribution in [3.8, 4) is 5.75 Å². The number of hydrogen-bond acceptors (Lipinski definition) is 11. The van der Waals surface area contributed by atoms with Crippen LogP contribution in [-0.2, 0) is 45.0 Å². The summed E-state index contributed by atoms with van der Waals surface area (Å²) < 4.78 is 61.9. The molecule has 0 saturated heterocycles. The van der Waals surface area contributed by atoms with Crippen molar-refractivity contribution < 1.29 is 44.7 Å². The quantitative estimate of drug-likeness (QED) is 0.305. The van der Waals surface area contributed by atoms with Crippen molar-refractivity contribution in [3.63, 3.8) is 0 Å². The van der Waals surface area contributed by atoms with Crippen LogP contribution in [0.5, 0.6) is 5.75 Å². The Bertz CT molecular complexity index is 1270. The lowest BCUT2D eigenvalue weighted by molar-refractivity contribution is -0.131. The van der Waals surface area contributed by atoms with E-state index in [4.69, 9.17) is 4.74 Å². The first-order chi connectivity index (χ1) is 14.8. The van der Waals surface area contributed by atoms with E-state index in [9.17, 15) is 31.6 Å². The van der Waals surface area contributed by atoms with Crippen molar-refractivity contribution in [2.75, 3.05) is 11.8 Å².